The van der Waals surface area contributed by atoms with Gasteiger partial charge in [-0.2, -0.15) is 0 Å². The van der Waals surface area contributed by atoms with Crippen LogP contribution in [0.25, 0.3) is 0 Å². The quantitative estimate of drug-likeness (QED) is 0.0261. The van der Waals surface area contributed by atoms with Crippen molar-refractivity contribution in [3.05, 3.63) is 36.5 Å². The maximum absolute atomic E-state index is 13.2. The average molecular weight is 1300 g/mol. The Bertz CT molecular complexity index is 1550. The number of allylic oxidation sites excluding steroid dienone is 5. The molecule has 0 bridgehead atoms. The SMILES string of the molecule is CCCCCCCCCCCCCCCCCCCCCCCCC/C=C/CC/C=C/CC/C=C/C(O)C(COC1OC(CO)C(O)C(O)C1O)NC(=O)CCCCCCCCCCCCCCCCCCCCCCCCCCCCCCCCCCCCCC. The summed E-state index contributed by atoms with van der Waals surface area (Å²) in [5.41, 5.74) is 0. The van der Waals surface area contributed by atoms with Gasteiger partial charge in [-0.05, 0) is 44.9 Å². The molecule has 1 aliphatic rings. The molecule has 1 heterocycles. The van der Waals surface area contributed by atoms with E-state index in [1.807, 2.05) is 6.08 Å². The molecule has 92 heavy (non-hydrogen) atoms. The largest absolute Gasteiger partial charge is 0.394 e. The second kappa shape index (κ2) is 72.2. The Labute approximate surface area is 571 Å². The summed E-state index contributed by atoms with van der Waals surface area (Å²) in [6.07, 6.45) is 91.8. The van der Waals surface area contributed by atoms with Gasteiger partial charge in [0.15, 0.2) is 6.29 Å². The first-order valence-corrected chi connectivity index (χ1v) is 41.2. The molecule has 0 aromatic carbocycles. The lowest BCUT2D eigenvalue weighted by Gasteiger charge is -2.40. The molecule has 1 fully saturated rings. The first-order chi connectivity index (χ1) is 45.3. The summed E-state index contributed by atoms with van der Waals surface area (Å²) >= 11 is 0. The van der Waals surface area contributed by atoms with E-state index in [0.717, 1.165) is 44.9 Å². The zero-order valence-corrected chi connectivity index (χ0v) is 61.3. The summed E-state index contributed by atoms with van der Waals surface area (Å²) in [7, 11) is 0. The van der Waals surface area contributed by atoms with E-state index in [1.54, 1.807) is 6.08 Å². The van der Waals surface area contributed by atoms with Crippen LogP contribution in [0.2, 0.25) is 0 Å². The van der Waals surface area contributed by atoms with Crippen molar-refractivity contribution in [2.45, 2.75) is 474 Å². The van der Waals surface area contributed by atoms with Gasteiger partial charge in [-0.25, -0.2) is 0 Å². The van der Waals surface area contributed by atoms with E-state index >= 15 is 0 Å². The van der Waals surface area contributed by atoms with E-state index in [2.05, 4.69) is 43.5 Å². The van der Waals surface area contributed by atoms with Crippen molar-refractivity contribution in [2.24, 2.45) is 0 Å². The number of carbonyl (C=O) groups is 1. The number of unbranched alkanes of at least 4 members (excludes halogenated alkanes) is 60. The van der Waals surface area contributed by atoms with Crippen LogP contribution >= 0.6 is 0 Å². The fraction of sp³-hybridized carbons (Fsp3) is 0.916. The van der Waals surface area contributed by atoms with Crippen LogP contribution in [0.4, 0.5) is 0 Å². The summed E-state index contributed by atoms with van der Waals surface area (Å²) < 4.78 is 11.3. The van der Waals surface area contributed by atoms with E-state index in [9.17, 15) is 30.3 Å². The number of nitrogens with one attached hydrogen (secondary N) is 1. The molecule has 1 aliphatic heterocycles. The van der Waals surface area contributed by atoms with Gasteiger partial charge in [0, 0.05) is 6.42 Å². The fourth-order valence-corrected chi connectivity index (χ4v) is 13.6. The van der Waals surface area contributed by atoms with Gasteiger partial charge in [0.25, 0.3) is 0 Å². The van der Waals surface area contributed by atoms with Crippen LogP contribution in [0.1, 0.15) is 431 Å². The van der Waals surface area contributed by atoms with Crippen LogP contribution in [0.3, 0.4) is 0 Å². The monoisotopic (exact) mass is 1300 g/mol. The number of rotatable bonds is 74. The Kier molecular flexibility index (Phi) is 69.4. The van der Waals surface area contributed by atoms with Crippen LogP contribution in [0.15, 0.2) is 36.5 Å². The number of hydrogen-bond acceptors (Lipinski definition) is 8. The minimum Gasteiger partial charge on any atom is -0.394 e. The molecule has 6 N–H and O–H groups in total. The Hall–Kier alpha value is -1.59. The van der Waals surface area contributed by atoms with E-state index in [-0.39, 0.29) is 12.5 Å². The van der Waals surface area contributed by atoms with Gasteiger partial charge in [-0.1, -0.05) is 416 Å². The highest BCUT2D eigenvalue weighted by Crippen LogP contribution is 2.24. The summed E-state index contributed by atoms with van der Waals surface area (Å²) in [6, 6.07) is -0.829. The highest BCUT2D eigenvalue weighted by molar-refractivity contribution is 5.76. The van der Waals surface area contributed by atoms with E-state index < -0.39 is 49.5 Å². The van der Waals surface area contributed by atoms with E-state index in [4.69, 9.17) is 9.47 Å². The molecule has 7 unspecified atom stereocenters. The molecule has 1 saturated heterocycles. The standard InChI is InChI=1S/C83H159NO8/c1-3-5-7-9-11-13-15-17-19-21-23-25-27-29-31-33-35-37-38-39-41-43-45-47-49-51-53-55-57-59-61-63-65-67-69-71-73-79(87)84-76(75-91-83-82(90)81(89)80(88)78(74-85)92-83)77(86)72-70-68-66-64-62-60-58-56-54-52-50-48-46-44-42-40-36-34-32-30-28-26-24-22-20-18-16-14-12-10-8-6-4-2/h54,56,62,64,70,72,76-78,80-83,85-86,88-90H,3-53,55,57-61,63,65-69,71,73-75H2,1-2H3,(H,84,87)/b56-54+,64-62+,72-70+. The van der Waals surface area contributed by atoms with Crippen molar-refractivity contribution < 1.29 is 39.8 Å². The first kappa shape index (κ1) is 88.4. The third-order valence-electron chi connectivity index (χ3n) is 19.9. The highest BCUT2D eigenvalue weighted by atomic mass is 16.7. The highest BCUT2D eigenvalue weighted by Gasteiger charge is 2.44. The van der Waals surface area contributed by atoms with Crippen molar-refractivity contribution >= 4 is 5.91 Å². The third-order valence-corrected chi connectivity index (χ3v) is 19.9. The molecule has 7 atom stereocenters. The Morgan fingerprint density at radius 2 is 0.620 bits per heavy atom. The second-order valence-electron chi connectivity index (χ2n) is 28.9. The number of aliphatic hydroxyl groups is 5. The van der Waals surface area contributed by atoms with Gasteiger partial charge in [-0.15, -0.1) is 0 Å². The minimum atomic E-state index is -1.58. The molecule has 1 rings (SSSR count). The predicted octanol–water partition coefficient (Wildman–Crippen LogP) is 23.7. The van der Waals surface area contributed by atoms with Crippen LogP contribution in [-0.2, 0) is 14.3 Å². The summed E-state index contributed by atoms with van der Waals surface area (Å²) in [4.78, 5) is 13.2. The Morgan fingerprint density at radius 1 is 0.359 bits per heavy atom. The van der Waals surface area contributed by atoms with Crippen LogP contribution in [0.5, 0.6) is 0 Å². The summed E-state index contributed by atoms with van der Waals surface area (Å²) in [6.45, 7) is 3.83. The molecule has 0 aromatic rings. The maximum Gasteiger partial charge on any atom is 0.220 e. The molecule has 0 spiro atoms. The molecule has 544 valence electrons. The van der Waals surface area contributed by atoms with Gasteiger partial charge in [-0.3, -0.25) is 4.79 Å². The zero-order valence-electron chi connectivity index (χ0n) is 61.3. The Morgan fingerprint density at radius 3 is 0.913 bits per heavy atom. The lowest BCUT2D eigenvalue weighted by atomic mass is 9.99. The van der Waals surface area contributed by atoms with Gasteiger partial charge in [0.05, 0.1) is 25.4 Å². The molecule has 0 radical (unpaired) electrons. The smallest absolute Gasteiger partial charge is 0.220 e. The summed E-state index contributed by atoms with van der Waals surface area (Å²) in [5, 5.41) is 54.9. The minimum absolute atomic E-state index is 0.181. The van der Waals surface area contributed by atoms with Gasteiger partial charge in [0.1, 0.15) is 24.4 Å². The third kappa shape index (κ3) is 59.7. The lowest BCUT2D eigenvalue weighted by molar-refractivity contribution is -0.302. The number of ether oxygens (including phenoxy) is 2. The predicted molar refractivity (Wildman–Crippen MR) is 397 cm³/mol. The van der Waals surface area contributed by atoms with Crippen molar-refractivity contribution in [1.82, 2.24) is 5.32 Å². The lowest BCUT2D eigenvalue weighted by Crippen LogP contribution is -2.60. The normalized spacial score (nSPS) is 17.8. The molecular weight excluding hydrogens is 1140 g/mol. The molecule has 9 nitrogen and oxygen atoms in total. The van der Waals surface area contributed by atoms with Gasteiger partial charge < -0.3 is 40.3 Å². The topological polar surface area (TPSA) is 149 Å². The van der Waals surface area contributed by atoms with Crippen molar-refractivity contribution in [2.75, 3.05) is 13.2 Å². The van der Waals surface area contributed by atoms with E-state index in [0.29, 0.717) is 6.42 Å². The maximum atomic E-state index is 13.2. The van der Waals surface area contributed by atoms with Crippen LogP contribution in [0, 0.1) is 0 Å². The van der Waals surface area contributed by atoms with Gasteiger partial charge in [0.2, 0.25) is 5.91 Å². The number of carbonyl (C=O) groups excluding carboxylic acids is 1. The first-order valence-electron chi connectivity index (χ1n) is 41.2. The van der Waals surface area contributed by atoms with E-state index in [1.165, 1.54) is 366 Å². The van der Waals surface area contributed by atoms with Gasteiger partial charge >= 0.3 is 0 Å². The number of amides is 1. The zero-order chi connectivity index (χ0) is 66.4. The number of hydrogen-bond donors (Lipinski definition) is 6. The molecule has 1 amide bonds. The van der Waals surface area contributed by atoms with Crippen LogP contribution in [-0.4, -0.2) is 87.5 Å². The Balaban J connectivity index is 2.07. The van der Waals surface area contributed by atoms with Crippen molar-refractivity contribution in [3.8, 4) is 0 Å². The second-order valence-corrected chi connectivity index (χ2v) is 28.9. The number of aliphatic hydroxyl groups excluding tert-OH is 5. The fourth-order valence-electron chi connectivity index (χ4n) is 13.6. The molecular formula is C83H159NO8. The van der Waals surface area contributed by atoms with Crippen molar-refractivity contribution in [1.29, 1.82) is 0 Å². The average Bonchev–Trinajstić information content (AvgIpc) is 0.979. The van der Waals surface area contributed by atoms with Crippen molar-refractivity contribution in [3.63, 3.8) is 0 Å². The molecule has 0 saturated carbocycles. The molecule has 9 heteroatoms. The molecule has 0 aromatic heterocycles. The molecule has 0 aliphatic carbocycles. The van der Waals surface area contributed by atoms with Crippen LogP contribution < -0.4 is 5.32 Å². The summed E-state index contributed by atoms with van der Waals surface area (Å²) in [5.74, 6) is -0.181.